The SMILES string of the molecule is NC(=O)N1OC(Cc2ccccc2)C(=O)N2CC(=O)NCC21. The Bertz CT molecular complexity index is 606. The molecule has 1 aromatic carbocycles. The normalized spacial score (nSPS) is 24.7. The van der Waals surface area contributed by atoms with E-state index in [1.54, 1.807) is 0 Å². The summed E-state index contributed by atoms with van der Waals surface area (Å²) in [5.41, 5.74) is 6.21. The number of urea groups is 1. The second-order valence-corrected chi connectivity index (χ2v) is 5.20. The van der Waals surface area contributed by atoms with Gasteiger partial charge in [0.05, 0.1) is 6.54 Å². The van der Waals surface area contributed by atoms with Crippen molar-refractivity contribution in [2.45, 2.75) is 18.7 Å². The van der Waals surface area contributed by atoms with Gasteiger partial charge in [-0.25, -0.2) is 4.79 Å². The summed E-state index contributed by atoms with van der Waals surface area (Å²) in [5, 5.41) is 3.56. The van der Waals surface area contributed by atoms with Crippen LogP contribution in [0, 0.1) is 0 Å². The number of piperazine rings is 1. The van der Waals surface area contributed by atoms with Crippen LogP contribution in [0.1, 0.15) is 5.56 Å². The number of nitrogens with two attached hydrogens (primary N) is 1. The highest BCUT2D eigenvalue weighted by Gasteiger charge is 2.45. The van der Waals surface area contributed by atoms with E-state index in [-0.39, 0.29) is 24.9 Å². The number of amides is 4. The largest absolute Gasteiger partial charge is 0.350 e. The van der Waals surface area contributed by atoms with E-state index >= 15 is 0 Å². The predicted molar refractivity (Wildman–Crippen MR) is 75.0 cm³/mol. The van der Waals surface area contributed by atoms with Crippen LogP contribution in [0.4, 0.5) is 4.79 Å². The van der Waals surface area contributed by atoms with Gasteiger partial charge >= 0.3 is 6.03 Å². The number of fused-ring (bicyclic) bond motifs is 1. The molecule has 3 rings (SSSR count). The Kier molecular flexibility index (Phi) is 3.68. The molecule has 4 amide bonds. The smallest absolute Gasteiger partial charge is 0.340 e. The van der Waals surface area contributed by atoms with Crippen LogP contribution in [0.5, 0.6) is 0 Å². The third-order valence-electron chi connectivity index (χ3n) is 3.71. The van der Waals surface area contributed by atoms with Crippen molar-refractivity contribution in [2.24, 2.45) is 5.73 Å². The minimum absolute atomic E-state index is 0.103. The van der Waals surface area contributed by atoms with E-state index in [0.29, 0.717) is 6.42 Å². The van der Waals surface area contributed by atoms with Crippen molar-refractivity contribution in [3.8, 4) is 0 Å². The highest BCUT2D eigenvalue weighted by molar-refractivity contribution is 5.90. The van der Waals surface area contributed by atoms with Crippen LogP contribution >= 0.6 is 0 Å². The molecule has 0 spiro atoms. The van der Waals surface area contributed by atoms with Gasteiger partial charge in [0.2, 0.25) is 5.91 Å². The molecule has 2 aliphatic rings. The number of hydroxylamine groups is 2. The lowest BCUT2D eigenvalue weighted by atomic mass is 10.1. The van der Waals surface area contributed by atoms with Crippen molar-refractivity contribution in [2.75, 3.05) is 13.1 Å². The van der Waals surface area contributed by atoms with Crippen LogP contribution in [0.3, 0.4) is 0 Å². The molecule has 0 saturated carbocycles. The average Bonchev–Trinajstić information content (AvgIpc) is 2.51. The van der Waals surface area contributed by atoms with Crippen LogP contribution in [-0.2, 0) is 20.8 Å². The second kappa shape index (κ2) is 5.64. The predicted octanol–water partition coefficient (Wildman–Crippen LogP) is -0.792. The summed E-state index contributed by atoms with van der Waals surface area (Å²) in [6.07, 6.45) is -1.28. The second-order valence-electron chi connectivity index (χ2n) is 5.20. The van der Waals surface area contributed by atoms with Crippen LogP contribution in [0.25, 0.3) is 0 Å². The fourth-order valence-corrected chi connectivity index (χ4v) is 2.65. The fourth-order valence-electron chi connectivity index (χ4n) is 2.65. The Balaban J connectivity index is 1.83. The topological polar surface area (TPSA) is 105 Å². The minimum Gasteiger partial charge on any atom is -0.350 e. The summed E-state index contributed by atoms with van der Waals surface area (Å²) in [6.45, 7) is -0.00645. The third kappa shape index (κ3) is 2.60. The Labute approximate surface area is 126 Å². The van der Waals surface area contributed by atoms with Crippen molar-refractivity contribution in [3.05, 3.63) is 35.9 Å². The summed E-state index contributed by atoms with van der Waals surface area (Å²) in [6, 6.07) is 8.50. The molecule has 2 atom stereocenters. The van der Waals surface area contributed by atoms with Gasteiger partial charge in [-0.3, -0.25) is 14.4 Å². The molecule has 3 N–H and O–H groups in total. The van der Waals surface area contributed by atoms with Gasteiger partial charge in [0.1, 0.15) is 6.54 Å². The van der Waals surface area contributed by atoms with Gasteiger partial charge in [-0.15, -0.1) is 0 Å². The number of carbonyl (C=O) groups is 3. The first-order valence-electron chi connectivity index (χ1n) is 6.93. The number of nitrogens with zero attached hydrogens (tertiary/aromatic N) is 2. The van der Waals surface area contributed by atoms with Crippen molar-refractivity contribution >= 4 is 17.8 Å². The maximum absolute atomic E-state index is 12.5. The number of hydrogen-bond donors (Lipinski definition) is 2. The molecular formula is C14H16N4O4. The summed E-state index contributed by atoms with van der Waals surface area (Å²) in [5.74, 6) is -0.587. The number of rotatable bonds is 2. The maximum Gasteiger partial charge on any atom is 0.340 e. The quantitative estimate of drug-likeness (QED) is 0.747. The summed E-state index contributed by atoms with van der Waals surface area (Å²) in [7, 11) is 0. The van der Waals surface area contributed by atoms with Crippen LogP contribution in [0.2, 0.25) is 0 Å². The van der Waals surface area contributed by atoms with Gasteiger partial charge in [-0.2, -0.15) is 5.06 Å². The molecule has 1 aromatic rings. The minimum atomic E-state index is -0.878. The first-order valence-corrected chi connectivity index (χ1v) is 6.93. The Hall–Kier alpha value is -2.61. The molecule has 2 fully saturated rings. The first-order chi connectivity index (χ1) is 10.6. The molecule has 0 bridgehead atoms. The summed E-state index contributed by atoms with van der Waals surface area (Å²) < 4.78 is 0. The lowest BCUT2D eigenvalue weighted by Gasteiger charge is -2.46. The van der Waals surface area contributed by atoms with Gasteiger partial charge in [0, 0.05) is 6.42 Å². The molecular weight excluding hydrogens is 288 g/mol. The molecule has 0 aliphatic carbocycles. The maximum atomic E-state index is 12.5. The molecule has 0 radical (unpaired) electrons. The van der Waals surface area contributed by atoms with E-state index in [0.717, 1.165) is 10.6 Å². The van der Waals surface area contributed by atoms with E-state index in [1.165, 1.54) is 4.90 Å². The Morgan fingerprint density at radius 2 is 2.05 bits per heavy atom. The van der Waals surface area contributed by atoms with Gasteiger partial charge < -0.3 is 16.0 Å². The van der Waals surface area contributed by atoms with Crippen molar-refractivity contribution in [1.29, 1.82) is 0 Å². The standard InChI is InChI=1S/C14H16N4O4/c15-14(21)18-12-7-16-11(19)8-17(12)13(20)10(22-18)6-9-4-2-1-3-5-9/h1-5,10,12H,6-8H2,(H2,15,21)(H,16,19). The number of benzene rings is 1. The van der Waals surface area contributed by atoms with Crippen LogP contribution in [0.15, 0.2) is 30.3 Å². The first kappa shape index (κ1) is 14.3. The van der Waals surface area contributed by atoms with Crippen molar-refractivity contribution in [3.63, 3.8) is 0 Å². The molecule has 0 aromatic heterocycles. The van der Waals surface area contributed by atoms with Gasteiger partial charge in [0.25, 0.3) is 5.91 Å². The molecule has 2 heterocycles. The third-order valence-corrected chi connectivity index (χ3v) is 3.71. The van der Waals surface area contributed by atoms with Crippen molar-refractivity contribution in [1.82, 2.24) is 15.3 Å². The highest BCUT2D eigenvalue weighted by atomic mass is 16.7. The average molecular weight is 304 g/mol. The monoisotopic (exact) mass is 304 g/mol. The van der Waals surface area contributed by atoms with E-state index in [1.807, 2.05) is 30.3 Å². The summed E-state index contributed by atoms with van der Waals surface area (Å²) >= 11 is 0. The number of nitrogens with one attached hydrogen (secondary N) is 1. The Morgan fingerprint density at radius 1 is 1.32 bits per heavy atom. The highest BCUT2D eigenvalue weighted by Crippen LogP contribution is 2.22. The van der Waals surface area contributed by atoms with Crippen LogP contribution in [-0.4, -0.2) is 53.2 Å². The zero-order valence-electron chi connectivity index (χ0n) is 11.8. The number of hydrogen-bond acceptors (Lipinski definition) is 4. The Morgan fingerprint density at radius 3 is 2.73 bits per heavy atom. The van der Waals surface area contributed by atoms with E-state index in [4.69, 9.17) is 10.6 Å². The zero-order chi connectivity index (χ0) is 15.7. The van der Waals surface area contributed by atoms with Gasteiger partial charge in [-0.1, -0.05) is 30.3 Å². The molecule has 2 aliphatic heterocycles. The lowest BCUT2D eigenvalue weighted by Crippen LogP contribution is -2.70. The summed E-state index contributed by atoms with van der Waals surface area (Å²) in [4.78, 5) is 42.4. The molecule has 2 saturated heterocycles. The zero-order valence-corrected chi connectivity index (χ0v) is 11.8. The van der Waals surface area contributed by atoms with Crippen molar-refractivity contribution < 1.29 is 19.2 Å². The molecule has 8 heteroatoms. The molecule has 116 valence electrons. The fraction of sp³-hybridized carbons (Fsp3) is 0.357. The molecule has 2 unspecified atom stereocenters. The van der Waals surface area contributed by atoms with Gasteiger partial charge in [-0.05, 0) is 5.56 Å². The lowest BCUT2D eigenvalue weighted by molar-refractivity contribution is -0.246. The van der Waals surface area contributed by atoms with E-state index in [2.05, 4.69) is 5.32 Å². The van der Waals surface area contributed by atoms with Gasteiger partial charge in [0.15, 0.2) is 12.3 Å². The number of primary amides is 1. The molecule has 22 heavy (non-hydrogen) atoms. The van der Waals surface area contributed by atoms with E-state index in [9.17, 15) is 14.4 Å². The van der Waals surface area contributed by atoms with E-state index < -0.39 is 18.3 Å². The molecule has 8 nitrogen and oxygen atoms in total. The van der Waals surface area contributed by atoms with Crippen LogP contribution < -0.4 is 11.1 Å². The number of carbonyl (C=O) groups excluding carboxylic acids is 3.